The van der Waals surface area contributed by atoms with Crippen LogP contribution in [0.15, 0.2) is 29.2 Å². The zero-order chi connectivity index (χ0) is 15.7. The van der Waals surface area contributed by atoms with Gasteiger partial charge in [0, 0.05) is 0 Å². The lowest BCUT2D eigenvalue weighted by atomic mass is 10.4. The molecule has 0 aliphatic carbocycles. The van der Waals surface area contributed by atoms with Gasteiger partial charge >= 0.3 is 6.18 Å². The van der Waals surface area contributed by atoms with E-state index in [-0.39, 0.29) is 9.92 Å². The number of aromatic nitrogens is 4. The molecule has 21 heavy (non-hydrogen) atoms. The number of benzene rings is 1. The number of halogens is 4. The van der Waals surface area contributed by atoms with Gasteiger partial charge in [-0.1, -0.05) is 23.7 Å². The molecule has 0 amide bonds. The minimum atomic E-state index is -4.56. The topological polar surface area (TPSA) is 77.7 Å². The second kappa shape index (κ2) is 5.60. The molecule has 0 radical (unpaired) electrons. The average Bonchev–Trinajstić information content (AvgIpc) is 2.74. The van der Waals surface area contributed by atoms with Crippen LogP contribution in [-0.4, -0.2) is 34.8 Å². The molecule has 0 bridgehead atoms. The molecule has 1 heterocycles. The number of tetrazole rings is 1. The highest BCUT2D eigenvalue weighted by Gasteiger charge is 2.31. The lowest BCUT2D eigenvalue weighted by Gasteiger charge is -2.09. The molecular weight excluding hydrogens is 333 g/mol. The molecule has 1 aromatic carbocycles. The van der Waals surface area contributed by atoms with Gasteiger partial charge in [-0.05, 0) is 22.6 Å². The Morgan fingerprint density at radius 3 is 2.52 bits per heavy atom. The molecule has 0 saturated carbocycles. The predicted molar refractivity (Wildman–Crippen MR) is 66.2 cm³/mol. The third kappa shape index (κ3) is 3.91. The van der Waals surface area contributed by atoms with Crippen molar-refractivity contribution in [2.45, 2.75) is 23.4 Å². The van der Waals surface area contributed by atoms with Crippen molar-refractivity contribution in [3.8, 4) is 0 Å². The Balaban J connectivity index is 2.31. The van der Waals surface area contributed by atoms with E-state index in [4.69, 9.17) is 11.6 Å². The van der Waals surface area contributed by atoms with Crippen molar-refractivity contribution in [3.05, 3.63) is 35.1 Å². The largest absolute Gasteiger partial charge is 0.408 e. The van der Waals surface area contributed by atoms with Crippen molar-refractivity contribution in [2.24, 2.45) is 0 Å². The molecule has 0 N–H and O–H groups in total. The first-order chi connectivity index (χ1) is 9.69. The smallest absolute Gasteiger partial charge is 0.223 e. The lowest BCUT2D eigenvalue weighted by Crippen LogP contribution is -2.22. The van der Waals surface area contributed by atoms with Gasteiger partial charge in [-0.2, -0.15) is 13.2 Å². The van der Waals surface area contributed by atoms with E-state index in [2.05, 4.69) is 15.5 Å². The van der Waals surface area contributed by atoms with Crippen LogP contribution in [0.25, 0.3) is 0 Å². The van der Waals surface area contributed by atoms with Crippen LogP contribution < -0.4 is 0 Å². The van der Waals surface area contributed by atoms with E-state index in [1.807, 2.05) is 0 Å². The number of nitrogens with zero attached hydrogens (tertiary/aromatic N) is 4. The highest BCUT2D eigenvalue weighted by atomic mass is 35.5. The van der Waals surface area contributed by atoms with E-state index in [1.54, 1.807) is 0 Å². The molecule has 0 saturated heterocycles. The molecule has 2 aromatic rings. The summed E-state index contributed by atoms with van der Waals surface area (Å²) in [5.74, 6) is -1.19. The molecule has 2 rings (SSSR count). The molecule has 0 unspecified atom stereocenters. The van der Waals surface area contributed by atoms with Gasteiger partial charge in [-0.3, -0.25) is 0 Å². The van der Waals surface area contributed by atoms with Crippen LogP contribution in [0.3, 0.4) is 0 Å². The number of hydrogen-bond acceptors (Lipinski definition) is 5. The van der Waals surface area contributed by atoms with Crippen molar-refractivity contribution in [1.82, 2.24) is 20.2 Å². The molecule has 0 fully saturated rings. The van der Waals surface area contributed by atoms with Crippen LogP contribution in [0.2, 0.25) is 5.02 Å². The summed E-state index contributed by atoms with van der Waals surface area (Å²) >= 11 is 5.78. The Hall–Kier alpha value is -1.68. The standard InChI is InChI=1S/C10H8ClF3N4O2S/c11-7-3-1-2-4-8(7)21(19,20)5-9-15-16-17-18(9)6-10(12,13)14/h1-4H,5-6H2. The summed E-state index contributed by atoms with van der Waals surface area (Å²) in [6.07, 6.45) is -4.56. The fraction of sp³-hybridized carbons (Fsp3) is 0.300. The summed E-state index contributed by atoms with van der Waals surface area (Å²) in [5.41, 5.74) is 0. The fourth-order valence-electron chi connectivity index (χ4n) is 1.56. The van der Waals surface area contributed by atoms with Gasteiger partial charge in [0.05, 0.1) is 9.92 Å². The molecule has 0 atom stereocenters. The average molecular weight is 341 g/mol. The van der Waals surface area contributed by atoms with Crippen LogP contribution in [0.5, 0.6) is 0 Å². The molecule has 1 aromatic heterocycles. The van der Waals surface area contributed by atoms with E-state index in [9.17, 15) is 21.6 Å². The Morgan fingerprint density at radius 1 is 1.24 bits per heavy atom. The quantitative estimate of drug-likeness (QED) is 0.849. The SMILES string of the molecule is O=S(=O)(Cc1nnnn1CC(F)(F)F)c1ccccc1Cl. The van der Waals surface area contributed by atoms with Gasteiger partial charge in [-0.15, -0.1) is 5.10 Å². The normalized spacial score (nSPS) is 12.6. The van der Waals surface area contributed by atoms with Gasteiger partial charge in [0.2, 0.25) is 0 Å². The first kappa shape index (κ1) is 15.7. The Labute approximate surface area is 122 Å². The second-order valence-corrected chi connectivity index (χ2v) is 6.42. The van der Waals surface area contributed by atoms with Crippen LogP contribution in [0.1, 0.15) is 5.82 Å². The van der Waals surface area contributed by atoms with Crippen molar-refractivity contribution in [1.29, 1.82) is 0 Å². The minimum Gasteiger partial charge on any atom is -0.223 e. The molecule has 0 spiro atoms. The van der Waals surface area contributed by atoms with Gasteiger partial charge < -0.3 is 0 Å². The number of hydrogen-bond donors (Lipinski definition) is 0. The van der Waals surface area contributed by atoms with Crippen LogP contribution >= 0.6 is 11.6 Å². The number of alkyl halides is 3. The summed E-state index contributed by atoms with van der Waals surface area (Å²) in [5, 5.41) is 9.51. The van der Waals surface area contributed by atoms with Crippen LogP contribution in [-0.2, 0) is 22.1 Å². The maximum Gasteiger partial charge on any atom is 0.408 e. The van der Waals surface area contributed by atoms with Crippen LogP contribution in [0.4, 0.5) is 13.2 Å². The molecule has 114 valence electrons. The molecular formula is C10H8ClF3N4O2S. The molecule has 0 aliphatic rings. The summed E-state index contributed by atoms with van der Waals surface area (Å²) < 4.78 is 61.7. The third-order valence-electron chi connectivity index (χ3n) is 2.43. The predicted octanol–water partition coefficient (Wildman–Crippen LogP) is 1.86. The van der Waals surface area contributed by atoms with Crippen molar-refractivity contribution < 1.29 is 21.6 Å². The second-order valence-electron chi connectivity index (χ2n) is 4.06. The van der Waals surface area contributed by atoms with Crippen LogP contribution in [0, 0.1) is 0 Å². The third-order valence-corrected chi connectivity index (χ3v) is 4.53. The lowest BCUT2D eigenvalue weighted by molar-refractivity contribution is -0.143. The summed E-state index contributed by atoms with van der Waals surface area (Å²) in [6, 6.07) is 5.62. The number of rotatable bonds is 4. The van der Waals surface area contributed by atoms with Gasteiger partial charge in [-0.25, -0.2) is 13.1 Å². The van der Waals surface area contributed by atoms with Crippen molar-refractivity contribution in [2.75, 3.05) is 0 Å². The Kier molecular flexibility index (Phi) is 4.19. The van der Waals surface area contributed by atoms with Gasteiger partial charge in [0.1, 0.15) is 12.3 Å². The van der Waals surface area contributed by atoms with E-state index in [1.165, 1.54) is 24.3 Å². The first-order valence-electron chi connectivity index (χ1n) is 5.48. The molecule has 0 aliphatic heterocycles. The highest BCUT2D eigenvalue weighted by Crippen LogP contribution is 2.24. The molecule has 6 nitrogen and oxygen atoms in total. The van der Waals surface area contributed by atoms with Crippen molar-refractivity contribution >= 4 is 21.4 Å². The monoisotopic (exact) mass is 340 g/mol. The van der Waals surface area contributed by atoms with E-state index < -0.39 is 34.1 Å². The Bertz CT molecular complexity index is 745. The number of sulfone groups is 1. The Morgan fingerprint density at radius 2 is 1.90 bits per heavy atom. The fourth-order valence-corrected chi connectivity index (χ4v) is 3.41. The highest BCUT2D eigenvalue weighted by molar-refractivity contribution is 7.90. The molecule has 11 heteroatoms. The zero-order valence-corrected chi connectivity index (χ0v) is 11.8. The first-order valence-corrected chi connectivity index (χ1v) is 7.51. The zero-order valence-electron chi connectivity index (χ0n) is 10.2. The summed E-state index contributed by atoms with van der Waals surface area (Å²) in [6.45, 7) is -1.46. The van der Waals surface area contributed by atoms with E-state index in [0.717, 1.165) is 0 Å². The van der Waals surface area contributed by atoms with Gasteiger partial charge in [0.15, 0.2) is 15.7 Å². The van der Waals surface area contributed by atoms with E-state index >= 15 is 0 Å². The summed E-state index contributed by atoms with van der Waals surface area (Å²) in [4.78, 5) is -0.187. The van der Waals surface area contributed by atoms with Gasteiger partial charge in [0.25, 0.3) is 0 Å². The van der Waals surface area contributed by atoms with E-state index in [0.29, 0.717) is 4.68 Å². The van der Waals surface area contributed by atoms with Crippen molar-refractivity contribution in [3.63, 3.8) is 0 Å². The summed E-state index contributed by atoms with van der Waals surface area (Å²) in [7, 11) is -3.95. The maximum atomic E-state index is 12.3. The maximum absolute atomic E-state index is 12.3. The minimum absolute atomic E-state index is 0.0210.